The Morgan fingerprint density at radius 2 is 1.54 bits per heavy atom. The minimum absolute atomic E-state index is 0.0275. The van der Waals surface area contributed by atoms with Gasteiger partial charge in [0.05, 0.1) is 30.9 Å². The summed E-state index contributed by atoms with van der Waals surface area (Å²) >= 11 is 0. The van der Waals surface area contributed by atoms with Gasteiger partial charge in [-0.25, -0.2) is 4.79 Å². The molecule has 0 radical (unpaired) electrons. The Balaban J connectivity index is 1.21. The highest BCUT2D eigenvalue weighted by Crippen LogP contribution is 2.45. The second kappa shape index (κ2) is 8.51. The van der Waals surface area contributed by atoms with E-state index in [4.69, 9.17) is 9.47 Å². The maximum atomic E-state index is 13.4. The Hall–Kier alpha value is -3.15. The van der Waals surface area contributed by atoms with Gasteiger partial charge in [-0.1, -0.05) is 66.7 Å². The SMILES string of the molecule is Cc1ccc(C2(O)CC3COCC(C2)N3C(=O)OCC2c3ccccc3-c3ccccc32)cc1C. The molecule has 6 rings (SSSR count). The molecule has 5 heteroatoms. The van der Waals surface area contributed by atoms with Crippen LogP contribution in [0.4, 0.5) is 4.79 Å². The third-order valence-corrected chi connectivity index (χ3v) is 8.15. The Morgan fingerprint density at radius 1 is 0.943 bits per heavy atom. The van der Waals surface area contributed by atoms with Gasteiger partial charge in [-0.05, 0) is 52.8 Å². The van der Waals surface area contributed by atoms with Crippen LogP contribution in [0.25, 0.3) is 11.1 Å². The molecule has 35 heavy (non-hydrogen) atoms. The summed E-state index contributed by atoms with van der Waals surface area (Å²) in [6.45, 7) is 5.26. The molecule has 0 saturated carbocycles. The van der Waals surface area contributed by atoms with E-state index < -0.39 is 5.60 Å². The highest BCUT2D eigenvalue weighted by Gasteiger charge is 2.49. The second-order valence-electron chi connectivity index (χ2n) is 10.3. The van der Waals surface area contributed by atoms with Gasteiger partial charge in [0.25, 0.3) is 0 Å². The normalized spacial score (nSPS) is 25.2. The number of ether oxygens (including phenoxy) is 2. The van der Waals surface area contributed by atoms with Gasteiger partial charge in [-0.3, -0.25) is 4.90 Å². The molecule has 1 amide bonds. The molecule has 180 valence electrons. The van der Waals surface area contributed by atoms with E-state index >= 15 is 0 Å². The van der Waals surface area contributed by atoms with Gasteiger partial charge in [0.15, 0.2) is 0 Å². The zero-order valence-electron chi connectivity index (χ0n) is 20.2. The predicted octanol–water partition coefficient (Wildman–Crippen LogP) is 5.30. The predicted molar refractivity (Wildman–Crippen MR) is 134 cm³/mol. The van der Waals surface area contributed by atoms with Crippen molar-refractivity contribution < 1.29 is 19.4 Å². The summed E-state index contributed by atoms with van der Waals surface area (Å²) in [4.78, 5) is 15.2. The van der Waals surface area contributed by atoms with Crippen LogP contribution in [0.3, 0.4) is 0 Å². The maximum absolute atomic E-state index is 13.4. The van der Waals surface area contributed by atoms with Crippen molar-refractivity contribution in [3.05, 3.63) is 94.5 Å². The molecule has 2 unspecified atom stereocenters. The van der Waals surface area contributed by atoms with Crippen molar-refractivity contribution in [2.24, 2.45) is 0 Å². The summed E-state index contributed by atoms with van der Waals surface area (Å²) < 4.78 is 11.8. The quantitative estimate of drug-likeness (QED) is 0.565. The lowest BCUT2D eigenvalue weighted by molar-refractivity contribution is -0.136. The van der Waals surface area contributed by atoms with E-state index in [-0.39, 0.29) is 24.1 Å². The minimum atomic E-state index is -0.975. The lowest BCUT2D eigenvalue weighted by atomic mass is 9.76. The first-order valence-corrected chi connectivity index (χ1v) is 12.5. The van der Waals surface area contributed by atoms with Gasteiger partial charge in [0, 0.05) is 18.8 Å². The number of morpholine rings is 1. The van der Waals surface area contributed by atoms with E-state index in [2.05, 4.69) is 62.4 Å². The summed E-state index contributed by atoms with van der Waals surface area (Å²) in [6.07, 6.45) is 0.569. The summed E-state index contributed by atoms with van der Waals surface area (Å²) in [5, 5.41) is 11.6. The van der Waals surface area contributed by atoms with Crippen molar-refractivity contribution in [2.75, 3.05) is 19.8 Å². The third-order valence-electron chi connectivity index (χ3n) is 8.15. The minimum Gasteiger partial charge on any atom is -0.448 e. The summed E-state index contributed by atoms with van der Waals surface area (Å²) in [7, 11) is 0. The molecular weight excluding hydrogens is 438 g/mol. The van der Waals surface area contributed by atoms with Gasteiger partial charge < -0.3 is 14.6 Å². The lowest BCUT2D eigenvalue weighted by Gasteiger charge is -2.51. The van der Waals surface area contributed by atoms with Gasteiger partial charge in [-0.2, -0.15) is 0 Å². The van der Waals surface area contributed by atoms with Crippen LogP contribution < -0.4 is 0 Å². The first-order valence-electron chi connectivity index (χ1n) is 12.5. The Labute approximate surface area is 206 Å². The topological polar surface area (TPSA) is 59.0 Å². The molecule has 3 aliphatic rings. The molecule has 0 aromatic heterocycles. The average Bonchev–Trinajstić information content (AvgIpc) is 3.17. The number of aliphatic hydroxyl groups is 1. The largest absolute Gasteiger partial charge is 0.448 e. The molecule has 2 saturated heterocycles. The van der Waals surface area contributed by atoms with Gasteiger partial charge in [0.1, 0.15) is 6.61 Å². The fourth-order valence-corrected chi connectivity index (χ4v) is 6.21. The van der Waals surface area contributed by atoms with E-state index in [1.54, 1.807) is 0 Å². The molecular formula is C30H31NO4. The Morgan fingerprint density at radius 3 is 2.14 bits per heavy atom. The highest BCUT2D eigenvalue weighted by atomic mass is 16.6. The van der Waals surface area contributed by atoms with E-state index in [0.717, 1.165) is 11.1 Å². The number of amides is 1. The van der Waals surface area contributed by atoms with E-state index in [1.165, 1.54) is 27.8 Å². The molecule has 0 spiro atoms. The van der Waals surface area contributed by atoms with Gasteiger partial charge in [-0.15, -0.1) is 0 Å². The van der Waals surface area contributed by atoms with Gasteiger partial charge >= 0.3 is 6.09 Å². The standard InChI is InChI=1S/C30H31NO4/c1-19-11-12-21(13-20(19)2)30(33)14-22-16-34-17-23(15-30)31(22)29(32)35-18-28-26-9-5-3-7-24(26)25-8-4-6-10-27(25)28/h3-13,22-23,28,33H,14-18H2,1-2H3. The smallest absolute Gasteiger partial charge is 0.410 e. The monoisotopic (exact) mass is 469 g/mol. The number of hydrogen-bond acceptors (Lipinski definition) is 4. The first-order chi connectivity index (χ1) is 16.9. The van der Waals surface area contributed by atoms with Crippen LogP contribution in [0.5, 0.6) is 0 Å². The summed E-state index contributed by atoms with van der Waals surface area (Å²) in [6, 6.07) is 22.4. The first kappa shape index (κ1) is 22.3. The maximum Gasteiger partial charge on any atom is 0.410 e. The fraction of sp³-hybridized carbons (Fsp3) is 0.367. The number of hydrogen-bond donors (Lipinski definition) is 1. The summed E-state index contributed by atoms with van der Waals surface area (Å²) in [5.41, 5.74) is 7.15. The molecule has 1 N–H and O–H groups in total. The second-order valence-corrected chi connectivity index (χ2v) is 10.3. The van der Waals surface area contributed by atoms with Gasteiger partial charge in [0.2, 0.25) is 0 Å². The highest BCUT2D eigenvalue weighted by molar-refractivity contribution is 5.79. The van der Waals surface area contributed by atoms with E-state index in [9.17, 15) is 9.90 Å². The molecule has 3 aromatic carbocycles. The van der Waals surface area contributed by atoms with Crippen molar-refractivity contribution in [1.29, 1.82) is 0 Å². The van der Waals surface area contributed by atoms with Crippen molar-refractivity contribution in [3.63, 3.8) is 0 Å². The molecule has 3 aromatic rings. The van der Waals surface area contributed by atoms with Crippen LogP contribution in [-0.2, 0) is 15.1 Å². The lowest BCUT2D eigenvalue weighted by Crippen LogP contribution is -2.62. The fourth-order valence-electron chi connectivity index (χ4n) is 6.21. The average molecular weight is 470 g/mol. The van der Waals surface area contributed by atoms with Crippen molar-refractivity contribution >= 4 is 6.09 Å². The zero-order valence-corrected chi connectivity index (χ0v) is 20.2. The van der Waals surface area contributed by atoms with E-state index in [1.807, 2.05) is 23.1 Å². The van der Waals surface area contributed by atoms with Crippen molar-refractivity contribution in [1.82, 2.24) is 4.90 Å². The molecule has 2 atom stereocenters. The van der Waals surface area contributed by atoms with Crippen LogP contribution in [0.2, 0.25) is 0 Å². The molecule has 2 bridgehead atoms. The number of benzene rings is 3. The van der Waals surface area contributed by atoms with Crippen molar-refractivity contribution in [2.45, 2.75) is 50.3 Å². The number of carbonyl (C=O) groups is 1. The number of carbonyl (C=O) groups excluding carboxylic acids is 1. The summed E-state index contributed by atoms with van der Waals surface area (Å²) in [5.74, 6) is 0.0275. The number of rotatable bonds is 3. The van der Waals surface area contributed by atoms with Crippen LogP contribution in [0.15, 0.2) is 66.7 Å². The zero-order chi connectivity index (χ0) is 24.2. The Bertz CT molecular complexity index is 1230. The van der Waals surface area contributed by atoms with Crippen LogP contribution >= 0.6 is 0 Å². The number of fused-ring (bicyclic) bond motifs is 5. The van der Waals surface area contributed by atoms with E-state index in [0.29, 0.717) is 32.7 Å². The van der Waals surface area contributed by atoms with Crippen LogP contribution in [0, 0.1) is 13.8 Å². The van der Waals surface area contributed by atoms with Crippen LogP contribution in [0.1, 0.15) is 46.6 Å². The molecule has 2 aliphatic heterocycles. The number of nitrogens with zero attached hydrogens (tertiary/aromatic N) is 1. The number of aryl methyl sites for hydroxylation is 2. The molecule has 5 nitrogen and oxygen atoms in total. The molecule has 2 fully saturated rings. The Kier molecular flexibility index (Phi) is 5.42. The van der Waals surface area contributed by atoms with Crippen molar-refractivity contribution in [3.8, 4) is 11.1 Å². The number of piperidine rings is 1. The molecule has 2 heterocycles. The third kappa shape index (κ3) is 3.74. The van der Waals surface area contributed by atoms with Crippen LogP contribution in [-0.4, -0.2) is 48.0 Å². The molecule has 1 aliphatic carbocycles.